The summed E-state index contributed by atoms with van der Waals surface area (Å²) < 4.78 is 0. The van der Waals surface area contributed by atoms with E-state index in [1.807, 2.05) is 0 Å². The molecule has 1 aromatic rings. The number of nitrogens with zero attached hydrogens (tertiary/aromatic N) is 2. The van der Waals surface area contributed by atoms with E-state index < -0.39 is 0 Å². The summed E-state index contributed by atoms with van der Waals surface area (Å²) in [7, 11) is 0. The summed E-state index contributed by atoms with van der Waals surface area (Å²) in [5.74, 6) is 0.00508. The average Bonchev–Trinajstić information content (AvgIpc) is 2.42. The van der Waals surface area contributed by atoms with Gasteiger partial charge in [0, 0.05) is 39.3 Å². The minimum absolute atomic E-state index is 0.0893. The Balaban J connectivity index is 2.03. The summed E-state index contributed by atoms with van der Waals surface area (Å²) >= 11 is 0. The molecule has 0 radical (unpaired) electrons. The molecule has 0 unspecified atom stereocenters. The van der Waals surface area contributed by atoms with Crippen molar-refractivity contribution in [2.75, 3.05) is 39.3 Å². The lowest BCUT2D eigenvalue weighted by Crippen LogP contribution is -2.49. The molecule has 1 amide bonds. The topological polar surface area (TPSA) is 69.8 Å². The van der Waals surface area contributed by atoms with E-state index in [-0.39, 0.29) is 11.7 Å². The van der Waals surface area contributed by atoms with Gasteiger partial charge in [-0.3, -0.25) is 9.69 Å². The maximum absolute atomic E-state index is 12.4. The van der Waals surface area contributed by atoms with E-state index in [0.29, 0.717) is 25.2 Å². The fourth-order valence-corrected chi connectivity index (χ4v) is 2.36. The lowest BCUT2D eigenvalue weighted by atomic mass is 10.1. The van der Waals surface area contributed by atoms with Crippen molar-refractivity contribution in [3.63, 3.8) is 0 Å². The van der Waals surface area contributed by atoms with Crippen LogP contribution in [0.1, 0.15) is 15.9 Å². The van der Waals surface area contributed by atoms with Crippen molar-refractivity contribution in [3.05, 3.63) is 29.3 Å². The minimum atomic E-state index is -0.0893. The lowest BCUT2D eigenvalue weighted by Gasteiger charge is -2.34. The summed E-state index contributed by atoms with van der Waals surface area (Å²) in [6.07, 6.45) is 0. The van der Waals surface area contributed by atoms with Gasteiger partial charge in [0.2, 0.25) is 0 Å². The molecule has 0 bridgehead atoms. The number of phenolic OH excluding ortho intramolecular Hbond substituents is 1. The second kappa shape index (κ2) is 6.04. The van der Waals surface area contributed by atoms with Gasteiger partial charge < -0.3 is 15.7 Å². The van der Waals surface area contributed by atoms with Gasteiger partial charge in [0.15, 0.2) is 0 Å². The molecule has 2 rings (SSSR count). The van der Waals surface area contributed by atoms with Gasteiger partial charge in [0.25, 0.3) is 5.91 Å². The number of phenols is 1. The molecule has 0 atom stereocenters. The Hall–Kier alpha value is -1.59. The Morgan fingerprint density at radius 1 is 1.32 bits per heavy atom. The van der Waals surface area contributed by atoms with Crippen LogP contribution < -0.4 is 5.73 Å². The van der Waals surface area contributed by atoms with Crippen molar-refractivity contribution in [2.45, 2.75) is 6.92 Å². The SMILES string of the molecule is Cc1cccc(C(=O)N2CCN(CCN)CC2)c1O. The highest BCUT2D eigenvalue weighted by atomic mass is 16.3. The van der Waals surface area contributed by atoms with Gasteiger partial charge in [-0.25, -0.2) is 0 Å². The van der Waals surface area contributed by atoms with Crippen molar-refractivity contribution in [2.24, 2.45) is 5.73 Å². The Bertz CT molecular complexity index is 454. The first kappa shape index (κ1) is 13.8. The third kappa shape index (κ3) is 3.05. The van der Waals surface area contributed by atoms with Gasteiger partial charge in [-0.15, -0.1) is 0 Å². The molecular formula is C14H21N3O2. The Labute approximate surface area is 113 Å². The molecule has 1 aliphatic rings. The van der Waals surface area contributed by atoms with Crippen molar-refractivity contribution in [1.82, 2.24) is 9.80 Å². The molecule has 1 fully saturated rings. The normalized spacial score (nSPS) is 16.6. The van der Waals surface area contributed by atoms with Gasteiger partial charge in [0.05, 0.1) is 5.56 Å². The molecule has 1 aromatic carbocycles. The lowest BCUT2D eigenvalue weighted by molar-refractivity contribution is 0.0638. The molecule has 5 nitrogen and oxygen atoms in total. The maximum atomic E-state index is 12.4. The number of para-hydroxylation sites is 1. The van der Waals surface area contributed by atoms with E-state index in [9.17, 15) is 9.90 Å². The smallest absolute Gasteiger partial charge is 0.257 e. The summed E-state index contributed by atoms with van der Waals surface area (Å²) in [4.78, 5) is 16.4. The van der Waals surface area contributed by atoms with Crippen LogP contribution in [0.5, 0.6) is 5.75 Å². The van der Waals surface area contributed by atoms with E-state index in [1.165, 1.54) is 0 Å². The highest BCUT2D eigenvalue weighted by molar-refractivity contribution is 5.97. The minimum Gasteiger partial charge on any atom is -0.507 e. The van der Waals surface area contributed by atoms with Gasteiger partial charge in [-0.05, 0) is 18.6 Å². The fourth-order valence-electron chi connectivity index (χ4n) is 2.36. The number of nitrogens with two attached hydrogens (primary N) is 1. The number of amides is 1. The van der Waals surface area contributed by atoms with Gasteiger partial charge in [-0.1, -0.05) is 12.1 Å². The zero-order chi connectivity index (χ0) is 13.8. The van der Waals surface area contributed by atoms with Crippen LogP contribution >= 0.6 is 0 Å². The number of carbonyl (C=O) groups excluding carboxylic acids is 1. The van der Waals surface area contributed by atoms with Crippen molar-refractivity contribution >= 4 is 5.91 Å². The second-order valence-corrected chi connectivity index (χ2v) is 4.89. The van der Waals surface area contributed by atoms with Crippen LogP contribution in [-0.4, -0.2) is 60.1 Å². The van der Waals surface area contributed by atoms with Crippen molar-refractivity contribution < 1.29 is 9.90 Å². The van der Waals surface area contributed by atoms with Crippen molar-refractivity contribution in [3.8, 4) is 5.75 Å². The highest BCUT2D eigenvalue weighted by Gasteiger charge is 2.23. The van der Waals surface area contributed by atoms with E-state index in [2.05, 4.69) is 4.90 Å². The van der Waals surface area contributed by atoms with Gasteiger partial charge >= 0.3 is 0 Å². The molecule has 0 saturated carbocycles. The standard InChI is InChI=1S/C14H21N3O2/c1-11-3-2-4-12(13(11)18)14(19)17-9-7-16(6-5-15)8-10-17/h2-4,18H,5-10,15H2,1H3. The average molecular weight is 263 g/mol. The Morgan fingerprint density at radius 2 is 2.00 bits per heavy atom. The monoisotopic (exact) mass is 263 g/mol. The number of rotatable bonds is 3. The van der Waals surface area contributed by atoms with Crippen LogP contribution in [0.15, 0.2) is 18.2 Å². The molecule has 0 aliphatic carbocycles. The fraction of sp³-hybridized carbons (Fsp3) is 0.500. The number of piperazine rings is 1. The van der Waals surface area contributed by atoms with Crippen LogP contribution in [0.4, 0.5) is 0 Å². The third-order valence-corrected chi connectivity index (χ3v) is 3.57. The molecule has 1 saturated heterocycles. The van der Waals surface area contributed by atoms with E-state index in [1.54, 1.807) is 30.0 Å². The number of hydrogen-bond acceptors (Lipinski definition) is 4. The van der Waals surface area contributed by atoms with E-state index in [0.717, 1.165) is 25.2 Å². The summed E-state index contributed by atoms with van der Waals surface area (Å²) in [5, 5.41) is 9.96. The summed E-state index contributed by atoms with van der Waals surface area (Å²) in [6, 6.07) is 5.27. The zero-order valence-electron chi connectivity index (χ0n) is 11.3. The van der Waals surface area contributed by atoms with Crippen LogP contribution in [0, 0.1) is 6.92 Å². The predicted molar refractivity (Wildman–Crippen MR) is 74.2 cm³/mol. The first-order valence-electron chi connectivity index (χ1n) is 6.63. The number of carbonyl (C=O) groups is 1. The van der Waals surface area contributed by atoms with Crippen LogP contribution in [0.25, 0.3) is 0 Å². The molecule has 1 aliphatic heterocycles. The molecular weight excluding hydrogens is 242 g/mol. The molecule has 5 heteroatoms. The first-order chi connectivity index (χ1) is 9.13. The number of benzene rings is 1. The van der Waals surface area contributed by atoms with E-state index in [4.69, 9.17) is 5.73 Å². The quantitative estimate of drug-likeness (QED) is 0.829. The summed E-state index contributed by atoms with van der Waals surface area (Å²) in [5.41, 5.74) is 6.65. The number of hydrogen-bond donors (Lipinski definition) is 2. The second-order valence-electron chi connectivity index (χ2n) is 4.89. The molecule has 0 aromatic heterocycles. The van der Waals surface area contributed by atoms with Crippen molar-refractivity contribution in [1.29, 1.82) is 0 Å². The van der Waals surface area contributed by atoms with Crippen LogP contribution in [-0.2, 0) is 0 Å². The van der Waals surface area contributed by atoms with Gasteiger partial charge in [0.1, 0.15) is 5.75 Å². The highest BCUT2D eigenvalue weighted by Crippen LogP contribution is 2.23. The molecule has 0 spiro atoms. The van der Waals surface area contributed by atoms with Crippen LogP contribution in [0.3, 0.4) is 0 Å². The zero-order valence-corrected chi connectivity index (χ0v) is 11.3. The first-order valence-corrected chi connectivity index (χ1v) is 6.63. The molecule has 3 N–H and O–H groups in total. The van der Waals surface area contributed by atoms with Crippen LogP contribution in [0.2, 0.25) is 0 Å². The van der Waals surface area contributed by atoms with Gasteiger partial charge in [-0.2, -0.15) is 0 Å². The predicted octanol–water partition coefficient (Wildman–Crippen LogP) is 0.417. The third-order valence-electron chi connectivity index (χ3n) is 3.57. The molecule has 19 heavy (non-hydrogen) atoms. The maximum Gasteiger partial charge on any atom is 0.257 e. The summed E-state index contributed by atoms with van der Waals surface area (Å²) in [6.45, 7) is 6.37. The molecule has 1 heterocycles. The molecule has 104 valence electrons. The number of aromatic hydroxyl groups is 1. The largest absolute Gasteiger partial charge is 0.507 e. The Morgan fingerprint density at radius 3 is 2.63 bits per heavy atom. The van der Waals surface area contributed by atoms with E-state index >= 15 is 0 Å². The number of aryl methyl sites for hydroxylation is 1. The Kier molecular flexibility index (Phi) is 4.39.